The Balaban J connectivity index is 2.63. The molecule has 0 bridgehead atoms. The van der Waals surface area contributed by atoms with Crippen LogP contribution in [0.5, 0.6) is 0 Å². The van der Waals surface area contributed by atoms with Crippen molar-refractivity contribution in [2.24, 2.45) is 5.92 Å². The first-order valence-corrected chi connectivity index (χ1v) is 5.40. The molecule has 78 valence electrons. The second-order valence-corrected chi connectivity index (χ2v) is 5.39. The molecule has 1 saturated heterocycles. The van der Waals surface area contributed by atoms with Crippen LogP contribution in [0.15, 0.2) is 0 Å². The Kier molecular flexibility index (Phi) is 3.36. The Hall–Kier alpha value is -0.0800. The minimum atomic E-state index is 0.273. The first kappa shape index (κ1) is 11.0. The Labute approximate surface area is 82.7 Å². The smallest absolute Gasteiger partial charge is 0.0252 e. The normalized spacial score (nSPS) is 30.5. The average Bonchev–Trinajstić information content (AvgIpc) is 2.11. The highest BCUT2D eigenvalue weighted by atomic mass is 15.2. The van der Waals surface area contributed by atoms with Crippen LogP contribution in [-0.2, 0) is 0 Å². The van der Waals surface area contributed by atoms with Crippen molar-refractivity contribution in [3.05, 3.63) is 0 Å². The molecule has 2 nitrogen and oxygen atoms in total. The lowest BCUT2D eigenvalue weighted by Gasteiger charge is -2.32. The number of hydrogen-bond donors (Lipinski definition) is 1. The fourth-order valence-corrected chi connectivity index (χ4v) is 1.94. The van der Waals surface area contributed by atoms with Gasteiger partial charge < -0.3 is 5.32 Å². The lowest BCUT2D eigenvalue weighted by molar-refractivity contribution is 0.179. The predicted molar refractivity (Wildman–Crippen MR) is 58.0 cm³/mol. The van der Waals surface area contributed by atoms with E-state index in [2.05, 4.69) is 44.8 Å². The van der Waals surface area contributed by atoms with Crippen molar-refractivity contribution in [2.45, 2.75) is 46.2 Å². The van der Waals surface area contributed by atoms with Gasteiger partial charge in [0, 0.05) is 24.7 Å². The van der Waals surface area contributed by atoms with Gasteiger partial charge in [-0.05, 0) is 40.2 Å². The summed E-state index contributed by atoms with van der Waals surface area (Å²) in [6.07, 6.45) is 0. The maximum absolute atomic E-state index is 3.61. The van der Waals surface area contributed by atoms with Crippen LogP contribution in [-0.4, -0.2) is 36.1 Å². The molecule has 1 N–H and O–H groups in total. The summed E-state index contributed by atoms with van der Waals surface area (Å²) in [5.74, 6) is 0.768. The summed E-state index contributed by atoms with van der Waals surface area (Å²) < 4.78 is 0. The van der Waals surface area contributed by atoms with Crippen LogP contribution in [0.25, 0.3) is 0 Å². The zero-order chi connectivity index (χ0) is 10.1. The van der Waals surface area contributed by atoms with Crippen molar-refractivity contribution in [1.82, 2.24) is 10.2 Å². The molecule has 0 aromatic rings. The molecule has 1 heterocycles. The van der Waals surface area contributed by atoms with E-state index in [-0.39, 0.29) is 5.54 Å². The van der Waals surface area contributed by atoms with Gasteiger partial charge in [-0.3, -0.25) is 4.90 Å². The van der Waals surface area contributed by atoms with Crippen molar-refractivity contribution < 1.29 is 0 Å². The van der Waals surface area contributed by atoms with E-state index in [1.54, 1.807) is 0 Å². The third-order valence-corrected chi connectivity index (χ3v) is 2.80. The van der Waals surface area contributed by atoms with Crippen LogP contribution >= 0.6 is 0 Å². The molecule has 1 aliphatic rings. The van der Waals surface area contributed by atoms with E-state index in [0.717, 1.165) is 19.0 Å². The maximum atomic E-state index is 3.61. The van der Waals surface area contributed by atoms with Crippen LogP contribution in [0.2, 0.25) is 0 Å². The standard InChI is InChI=1S/C11H24N2/c1-9(2)13-7-10(3)6-12-11(4,5)8-13/h9-10,12H,6-8H2,1-5H3. The SMILES string of the molecule is CC1CNC(C)(C)CN(C(C)C)C1. The highest BCUT2D eigenvalue weighted by Crippen LogP contribution is 2.15. The number of nitrogens with zero attached hydrogens (tertiary/aromatic N) is 1. The first-order valence-electron chi connectivity index (χ1n) is 5.40. The zero-order valence-electron chi connectivity index (χ0n) is 9.72. The quantitative estimate of drug-likeness (QED) is 0.667. The topological polar surface area (TPSA) is 15.3 Å². The zero-order valence-corrected chi connectivity index (χ0v) is 9.72. The monoisotopic (exact) mass is 184 g/mol. The molecule has 0 aromatic carbocycles. The van der Waals surface area contributed by atoms with Crippen molar-refractivity contribution in [2.75, 3.05) is 19.6 Å². The van der Waals surface area contributed by atoms with Gasteiger partial charge in [-0.1, -0.05) is 6.92 Å². The molecular weight excluding hydrogens is 160 g/mol. The fraction of sp³-hybridized carbons (Fsp3) is 1.00. The van der Waals surface area contributed by atoms with E-state index < -0.39 is 0 Å². The summed E-state index contributed by atoms with van der Waals surface area (Å²) in [6.45, 7) is 15.0. The maximum Gasteiger partial charge on any atom is 0.0252 e. The van der Waals surface area contributed by atoms with E-state index in [0.29, 0.717) is 6.04 Å². The molecule has 1 rings (SSSR count). The van der Waals surface area contributed by atoms with E-state index in [1.807, 2.05) is 0 Å². The van der Waals surface area contributed by atoms with E-state index in [9.17, 15) is 0 Å². The predicted octanol–water partition coefficient (Wildman–Crippen LogP) is 1.71. The van der Waals surface area contributed by atoms with Gasteiger partial charge in [-0.25, -0.2) is 0 Å². The molecule has 0 spiro atoms. The number of nitrogens with one attached hydrogen (secondary N) is 1. The lowest BCUT2D eigenvalue weighted by atomic mass is 10.1. The highest BCUT2D eigenvalue weighted by molar-refractivity contribution is 4.87. The van der Waals surface area contributed by atoms with Gasteiger partial charge in [-0.2, -0.15) is 0 Å². The summed E-state index contributed by atoms with van der Waals surface area (Å²) in [4.78, 5) is 2.57. The van der Waals surface area contributed by atoms with Crippen LogP contribution in [0.4, 0.5) is 0 Å². The number of hydrogen-bond acceptors (Lipinski definition) is 2. The Morgan fingerprint density at radius 1 is 1.38 bits per heavy atom. The molecule has 13 heavy (non-hydrogen) atoms. The third kappa shape index (κ3) is 3.28. The summed E-state index contributed by atoms with van der Waals surface area (Å²) in [5, 5.41) is 3.61. The van der Waals surface area contributed by atoms with Gasteiger partial charge in [0.05, 0.1) is 0 Å². The molecule has 1 atom stereocenters. The minimum Gasteiger partial charge on any atom is -0.310 e. The van der Waals surface area contributed by atoms with Crippen LogP contribution in [0.1, 0.15) is 34.6 Å². The van der Waals surface area contributed by atoms with Crippen molar-refractivity contribution in [3.8, 4) is 0 Å². The molecule has 0 amide bonds. The van der Waals surface area contributed by atoms with Gasteiger partial charge >= 0.3 is 0 Å². The van der Waals surface area contributed by atoms with Gasteiger partial charge in [0.2, 0.25) is 0 Å². The largest absolute Gasteiger partial charge is 0.310 e. The van der Waals surface area contributed by atoms with Crippen molar-refractivity contribution in [1.29, 1.82) is 0 Å². The second kappa shape index (κ2) is 3.97. The summed E-state index contributed by atoms with van der Waals surface area (Å²) in [5.41, 5.74) is 0.273. The van der Waals surface area contributed by atoms with Gasteiger partial charge in [-0.15, -0.1) is 0 Å². The molecule has 2 heteroatoms. The van der Waals surface area contributed by atoms with Crippen LogP contribution in [0.3, 0.4) is 0 Å². The highest BCUT2D eigenvalue weighted by Gasteiger charge is 2.27. The molecule has 1 unspecified atom stereocenters. The van der Waals surface area contributed by atoms with E-state index >= 15 is 0 Å². The fourth-order valence-electron chi connectivity index (χ4n) is 1.94. The van der Waals surface area contributed by atoms with Crippen LogP contribution < -0.4 is 5.32 Å². The Bertz CT molecular complexity index is 163. The summed E-state index contributed by atoms with van der Waals surface area (Å²) >= 11 is 0. The third-order valence-electron chi connectivity index (χ3n) is 2.80. The minimum absolute atomic E-state index is 0.273. The lowest BCUT2D eigenvalue weighted by Crippen LogP contribution is -2.48. The molecular formula is C11H24N2. The van der Waals surface area contributed by atoms with E-state index in [4.69, 9.17) is 0 Å². The van der Waals surface area contributed by atoms with Crippen molar-refractivity contribution >= 4 is 0 Å². The average molecular weight is 184 g/mol. The molecule has 1 fully saturated rings. The van der Waals surface area contributed by atoms with Gasteiger partial charge in [0.1, 0.15) is 0 Å². The molecule has 0 aromatic heterocycles. The molecule has 0 radical (unpaired) electrons. The van der Waals surface area contributed by atoms with Gasteiger partial charge in [0.25, 0.3) is 0 Å². The molecule has 1 aliphatic heterocycles. The van der Waals surface area contributed by atoms with Crippen molar-refractivity contribution in [3.63, 3.8) is 0 Å². The molecule has 0 aliphatic carbocycles. The summed E-state index contributed by atoms with van der Waals surface area (Å²) in [6, 6.07) is 0.668. The van der Waals surface area contributed by atoms with Crippen LogP contribution in [0, 0.1) is 5.92 Å². The Morgan fingerprint density at radius 3 is 2.54 bits per heavy atom. The number of rotatable bonds is 1. The van der Waals surface area contributed by atoms with E-state index in [1.165, 1.54) is 6.54 Å². The first-order chi connectivity index (χ1) is 5.91. The molecule has 0 saturated carbocycles. The van der Waals surface area contributed by atoms with Gasteiger partial charge in [0.15, 0.2) is 0 Å². The Morgan fingerprint density at radius 2 is 2.00 bits per heavy atom. The summed E-state index contributed by atoms with van der Waals surface area (Å²) in [7, 11) is 0. The second-order valence-electron chi connectivity index (χ2n) is 5.39.